The maximum absolute atomic E-state index is 12.7. The number of pyridine rings is 1. The van der Waals surface area contributed by atoms with Gasteiger partial charge in [-0.3, -0.25) is 14.4 Å². The zero-order chi connectivity index (χ0) is 20.5. The first-order chi connectivity index (χ1) is 13.9. The van der Waals surface area contributed by atoms with Gasteiger partial charge in [0.2, 0.25) is 11.5 Å². The Morgan fingerprint density at radius 2 is 1.66 bits per heavy atom. The lowest BCUT2D eigenvalue weighted by molar-refractivity contribution is -0.127. The van der Waals surface area contributed by atoms with E-state index in [4.69, 9.17) is 0 Å². The van der Waals surface area contributed by atoms with Crippen molar-refractivity contribution < 1.29 is 9.59 Å². The zero-order valence-corrected chi connectivity index (χ0v) is 16.1. The van der Waals surface area contributed by atoms with Gasteiger partial charge in [0.1, 0.15) is 0 Å². The summed E-state index contributed by atoms with van der Waals surface area (Å²) in [5, 5.41) is 6.21. The van der Waals surface area contributed by atoms with E-state index in [0.717, 1.165) is 22.4 Å². The molecule has 0 aliphatic carbocycles. The van der Waals surface area contributed by atoms with Crippen LogP contribution < -0.4 is 16.2 Å². The number of aromatic nitrogens is 1. The zero-order valence-electron chi connectivity index (χ0n) is 16.1. The van der Waals surface area contributed by atoms with Crippen molar-refractivity contribution in [2.45, 2.75) is 6.42 Å². The molecule has 1 aliphatic rings. The summed E-state index contributed by atoms with van der Waals surface area (Å²) in [5.74, 6) is -0.247. The maximum atomic E-state index is 12.7. The molecular formula is C22H20N4O3. The second kappa shape index (κ2) is 7.27. The summed E-state index contributed by atoms with van der Waals surface area (Å²) in [5.41, 5.74) is 4.73. The number of nitrogens with zero attached hydrogens (tertiary/aromatic N) is 1. The highest BCUT2D eigenvalue weighted by Crippen LogP contribution is 2.35. The van der Waals surface area contributed by atoms with Crippen LogP contribution in [0, 0.1) is 0 Å². The standard InChI is InChI=1S/C22H20N4O3/c1-26(2)21(28)10-13-3-6-17-19(9-13)25-22(29)16-5-4-14(11-18(16)24-17)15-7-8-23-20(27)12-15/h3-9,11-12,24H,10H2,1-2H3,(H,23,27)(H,25,29). The first-order valence-corrected chi connectivity index (χ1v) is 9.15. The van der Waals surface area contributed by atoms with Gasteiger partial charge in [-0.05, 0) is 47.0 Å². The third-order valence-corrected chi connectivity index (χ3v) is 4.83. The SMILES string of the molecule is CN(C)C(=O)Cc1ccc2c(c1)NC(=O)c1ccc(-c3cc[nH]c(=O)c3)cc1N2. The lowest BCUT2D eigenvalue weighted by Crippen LogP contribution is -2.23. The predicted octanol–water partition coefficient (Wildman–Crippen LogP) is 2.98. The molecule has 0 radical (unpaired) electrons. The van der Waals surface area contributed by atoms with Gasteiger partial charge in [0.15, 0.2) is 0 Å². The molecule has 2 aromatic carbocycles. The molecule has 29 heavy (non-hydrogen) atoms. The Morgan fingerprint density at radius 1 is 0.862 bits per heavy atom. The Morgan fingerprint density at radius 3 is 2.41 bits per heavy atom. The van der Waals surface area contributed by atoms with E-state index >= 15 is 0 Å². The number of anilines is 3. The second-order valence-electron chi connectivity index (χ2n) is 7.13. The van der Waals surface area contributed by atoms with Crippen LogP contribution in [0.1, 0.15) is 15.9 Å². The third-order valence-electron chi connectivity index (χ3n) is 4.83. The third kappa shape index (κ3) is 3.75. The van der Waals surface area contributed by atoms with E-state index < -0.39 is 0 Å². The van der Waals surface area contributed by atoms with Crippen molar-refractivity contribution in [1.29, 1.82) is 0 Å². The largest absolute Gasteiger partial charge is 0.353 e. The molecule has 0 fully saturated rings. The molecule has 1 aliphatic heterocycles. The number of aromatic amines is 1. The molecule has 0 saturated carbocycles. The van der Waals surface area contributed by atoms with Gasteiger partial charge in [-0.1, -0.05) is 12.1 Å². The van der Waals surface area contributed by atoms with E-state index in [9.17, 15) is 14.4 Å². The van der Waals surface area contributed by atoms with Crippen LogP contribution in [0.2, 0.25) is 0 Å². The highest BCUT2D eigenvalue weighted by Gasteiger charge is 2.20. The number of rotatable bonds is 3. The number of fused-ring (bicyclic) bond motifs is 2. The van der Waals surface area contributed by atoms with Gasteiger partial charge >= 0.3 is 0 Å². The number of likely N-dealkylation sites (N-methyl/N-ethyl adjacent to an activating group) is 1. The summed E-state index contributed by atoms with van der Waals surface area (Å²) < 4.78 is 0. The molecule has 0 atom stereocenters. The highest BCUT2D eigenvalue weighted by molar-refractivity contribution is 6.12. The van der Waals surface area contributed by atoms with E-state index in [2.05, 4.69) is 15.6 Å². The number of carbonyl (C=O) groups excluding carboxylic acids is 2. The number of hydrogen-bond donors (Lipinski definition) is 3. The fourth-order valence-electron chi connectivity index (χ4n) is 3.23. The van der Waals surface area contributed by atoms with E-state index in [1.165, 1.54) is 11.0 Å². The minimum Gasteiger partial charge on any atom is -0.353 e. The Bertz CT molecular complexity index is 1180. The first kappa shape index (κ1) is 18.5. The fourth-order valence-corrected chi connectivity index (χ4v) is 3.23. The van der Waals surface area contributed by atoms with Gasteiger partial charge < -0.3 is 20.5 Å². The number of hydrogen-bond acceptors (Lipinski definition) is 4. The molecule has 2 heterocycles. The topological polar surface area (TPSA) is 94.3 Å². The number of benzene rings is 2. The summed E-state index contributed by atoms with van der Waals surface area (Å²) in [7, 11) is 3.42. The molecule has 3 N–H and O–H groups in total. The molecule has 146 valence electrons. The van der Waals surface area contributed by atoms with Gasteiger partial charge in [-0.2, -0.15) is 0 Å². The first-order valence-electron chi connectivity index (χ1n) is 9.15. The molecule has 3 aromatic rings. The fraction of sp³-hybridized carbons (Fsp3) is 0.136. The number of H-pyrrole nitrogens is 1. The van der Waals surface area contributed by atoms with Crippen LogP contribution in [0.5, 0.6) is 0 Å². The van der Waals surface area contributed by atoms with Gasteiger partial charge in [0.25, 0.3) is 5.91 Å². The summed E-state index contributed by atoms with van der Waals surface area (Å²) in [6.07, 6.45) is 1.85. The smallest absolute Gasteiger partial charge is 0.257 e. The number of nitrogens with one attached hydrogen (secondary N) is 3. The van der Waals surface area contributed by atoms with Crippen LogP contribution in [-0.2, 0) is 11.2 Å². The average molecular weight is 388 g/mol. The Labute approximate surface area is 167 Å². The normalized spacial score (nSPS) is 12.1. The number of carbonyl (C=O) groups is 2. The second-order valence-corrected chi connectivity index (χ2v) is 7.13. The van der Waals surface area contributed by atoms with Crippen LogP contribution in [0.15, 0.2) is 59.5 Å². The van der Waals surface area contributed by atoms with Gasteiger partial charge in [-0.15, -0.1) is 0 Å². The molecule has 0 spiro atoms. The molecular weight excluding hydrogens is 368 g/mol. The van der Waals surface area contributed by atoms with Gasteiger partial charge in [0.05, 0.1) is 29.0 Å². The summed E-state index contributed by atoms with van der Waals surface area (Å²) >= 11 is 0. The van der Waals surface area contributed by atoms with Gasteiger partial charge in [-0.25, -0.2) is 0 Å². The monoisotopic (exact) mass is 388 g/mol. The van der Waals surface area contributed by atoms with Gasteiger partial charge in [0, 0.05) is 26.4 Å². The van der Waals surface area contributed by atoms with Crippen molar-refractivity contribution in [2.24, 2.45) is 0 Å². The molecule has 4 rings (SSSR count). The van der Waals surface area contributed by atoms with Crippen LogP contribution in [0.3, 0.4) is 0 Å². The molecule has 0 saturated heterocycles. The quantitative estimate of drug-likeness (QED) is 0.643. The molecule has 0 unspecified atom stereocenters. The maximum Gasteiger partial charge on any atom is 0.257 e. The Kier molecular flexibility index (Phi) is 4.64. The molecule has 7 nitrogen and oxygen atoms in total. The average Bonchev–Trinajstić information content (AvgIpc) is 2.83. The van der Waals surface area contributed by atoms with Crippen molar-refractivity contribution in [3.8, 4) is 11.1 Å². The molecule has 7 heteroatoms. The van der Waals surface area contributed by atoms with E-state index in [-0.39, 0.29) is 23.8 Å². The van der Waals surface area contributed by atoms with Crippen molar-refractivity contribution in [2.75, 3.05) is 24.7 Å². The van der Waals surface area contributed by atoms with Crippen LogP contribution >= 0.6 is 0 Å². The summed E-state index contributed by atoms with van der Waals surface area (Å²) in [6, 6.07) is 14.2. The predicted molar refractivity (Wildman–Crippen MR) is 113 cm³/mol. The Balaban J connectivity index is 1.70. The lowest BCUT2D eigenvalue weighted by Gasteiger charge is -2.13. The van der Waals surface area contributed by atoms with Crippen LogP contribution in [-0.4, -0.2) is 35.8 Å². The summed E-state index contributed by atoms with van der Waals surface area (Å²) in [4.78, 5) is 40.5. The van der Waals surface area contributed by atoms with Crippen molar-refractivity contribution in [3.63, 3.8) is 0 Å². The van der Waals surface area contributed by atoms with E-state index in [0.29, 0.717) is 16.9 Å². The highest BCUT2D eigenvalue weighted by atomic mass is 16.2. The van der Waals surface area contributed by atoms with Crippen LogP contribution in [0.4, 0.5) is 17.1 Å². The lowest BCUT2D eigenvalue weighted by atomic mass is 10.0. The molecule has 2 amide bonds. The van der Waals surface area contributed by atoms with E-state index in [1.807, 2.05) is 36.4 Å². The van der Waals surface area contributed by atoms with Crippen molar-refractivity contribution >= 4 is 28.9 Å². The van der Waals surface area contributed by atoms with Crippen LogP contribution in [0.25, 0.3) is 11.1 Å². The Hall–Kier alpha value is -3.87. The number of amides is 2. The minimum atomic E-state index is -0.236. The van der Waals surface area contributed by atoms with E-state index in [1.54, 1.807) is 26.4 Å². The molecule has 1 aromatic heterocycles. The van der Waals surface area contributed by atoms with Crippen molar-refractivity contribution in [3.05, 3.63) is 76.2 Å². The minimum absolute atomic E-state index is 0.0105. The molecule has 0 bridgehead atoms. The van der Waals surface area contributed by atoms with Crippen molar-refractivity contribution in [1.82, 2.24) is 9.88 Å². The summed E-state index contributed by atoms with van der Waals surface area (Å²) in [6.45, 7) is 0.